The molecule has 0 bridgehead atoms. The lowest BCUT2D eigenvalue weighted by Gasteiger charge is -2.17. The Morgan fingerprint density at radius 1 is 1.22 bits per heavy atom. The number of nitrogens with one attached hydrogen (secondary N) is 2. The summed E-state index contributed by atoms with van der Waals surface area (Å²) in [6, 6.07) is 5.65. The van der Waals surface area contributed by atoms with Gasteiger partial charge in [0.1, 0.15) is 24.2 Å². The number of rotatable bonds is 7. The van der Waals surface area contributed by atoms with Crippen LogP contribution in [-0.2, 0) is 17.8 Å². The van der Waals surface area contributed by atoms with Crippen molar-refractivity contribution in [3.63, 3.8) is 0 Å². The van der Waals surface area contributed by atoms with Crippen LogP contribution >= 0.6 is 23.2 Å². The molecule has 1 aliphatic heterocycles. The van der Waals surface area contributed by atoms with Crippen LogP contribution in [0.25, 0.3) is 22.4 Å². The van der Waals surface area contributed by atoms with Crippen LogP contribution < -0.4 is 4.74 Å². The van der Waals surface area contributed by atoms with E-state index in [0.717, 1.165) is 22.3 Å². The van der Waals surface area contributed by atoms with E-state index < -0.39 is 6.10 Å². The topological polar surface area (TPSA) is 112 Å². The highest BCUT2D eigenvalue weighted by atomic mass is 35.5. The molecule has 1 amide bonds. The minimum Gasteiger partial charge on any atom is -0.486 e. The predicted octanol–water partition coefficient (Wildman–Crippen LogP) is 4.81. The number of hydrogen-bond acceptors (Lipinski definition) is 7. The van der Waals surface area contributed by atoms with Crippen LogP contribution in [0.5, 0.6) is 5.75 Å². The van der Waals surface area contributed by atoms with Gasteiger partial charge in [-0.15, -0.1) is 0 Å². The second-order valence-electron chi connectivity index (χ2n) is 8.84. The number of carbonyl (C=O) groups excluding carboxylic acids is 1. The van der Waals surface area contributed by atoms with Gasteiger partial charge in [0.15, 0.2) is 5.82 Å². The Kier molecular flexibility index (Phi) is 6.74. The third-order valence-corrected chi connectivity index (χ3v) is 6.55. The molecule has 0 saturated heterocycles. The van der Waals surface area contributed by atoms with E-state index in [2.05, 4.69) is 20.2 Å². The number of aromatic nitrogens is 5. The number of ether oxygens (including phenoxy) is 2. The molecule has 188 valence electrons. The first-order valence-electron chi connectivity index (χ1n) is 11.4. The van der Waals surface area contributed by atoms with Crippen LogP contribution in [-0.4, -0.2) is 68.3 Å². The first kappa shape index (κ1) is 24.4. The number of hydrogen-bond donors (Lipinski definition) is 2. The van der Waals surface area contributed by atoms with Crippen LogP contribution in [0.4, 0.5) is 4.79 Å². The molecule has 10 nitrogen and oxygen atoms in total. The van der Waals surface area contributed by atoms with E-state index in [4.69, 9.17) is 37.7 Å². The molecule has 36 heavy (non-hydrogen) atoms. The van der Waals surface area contributed by atoms with Crippen molar-refractivity contribution in [3.8, 4) is 17.3 Å². The fourth-order valence-corrected chi connectivity index (χ4v) is 4.77. The van der Waals surface area contributed by atoms with Gasteiger partial charge in [-0.3, -0.25) is 15.0 Å². The number of carbonyl (C=O) groups is 1. The van der Waals surface area contributed by atoms with Crippen molar-refractivity contribution in [2.45, 2.75) is 26.1 Å². The van der Waals surface area contributed by atoms with Gasteiger partial charge in [0, 0.05) is 29.9 Å². The molecule has 5 rings (SSSR count). The van der Waals surface area contributed by atoms with Gasteiger partial charge in [0.05, 0.1) is 40.0 Å². The van der Waals surface area contributed by atoms with Gasteiger partial charge in [0.25, 0.3) is 0 Å². The number of halogens is 2. The molecule has 3 aromatic heterocycles. The average Bonchev–Trinajstić information content (AvgIpc) is 3.51. The van der Waals surface area contributed by atoms with Crippen molar-refractivity contribution in [1.29, 1.82) is 0 Å². The Morgan fingerprint density at radius 2 is 2.00 bits per heavy atom. The van der Waals surface area contributed by atoms with E-state index in [1.807, 2.05) is 44.1 Å². The molecular formula is C24H25Cl2N7O3. The number of aromatic amines is 2. The Labute approximate surface area is 217 Å². The Morgan fingerprint density at radius 3 is 2.72 bits per heavy atom. The molecule has 0 radical (unpaired) electrons. The summed E-state index contributed by atoms with van der Waals surface area (Å²) < 4.78 is 11.5. The average molecular weight is 530 g/mol. The van der Waals surface area contributed by atoms with Gasteiger partial charge < -0.3 is 19.4 Å². The lowest BCUT2D eigenvalue weighted by Crippen LogP contribution is -2.29. The molecule has 12 heteroatoms. The van der Waals surface area contributed by atoms with Crippen LogP contribution in [0.15, 0.2) is 30.6 Å². The summed E-state index contributed by atoms with van der Waals surface area (Å²) >= 11 is 12.6. The third-order valence-electron chi connectivity index (χ3n) is 5.94. The summed E-state index contributed by atoms with van der Waals surface area (Å²) in [5.41, 5.74) is 3.85. The SMILES string of the molecule is C[C@@H](Oc1ccc2[nH]nc(-c3nc4c([nH]3)CN(C(=O)OCCN(C)C)C4)c2c1)c1c(Cl)cncc1Cl. The largest absolute Gasteiger partial charge is 0.486 e. The maximum Gasteiger partial charge on any atom is 0.410 e. The highest BCUT2D eigenvalue weighted by Crippen LogP contribution is 2.35. The number of imidazole rings is 1. The lowest BCUT2D eigenvalue weighted by molar-refractivity contribution is 0.0948. The van der Waals surface area contributed by atoms with E-state index >= 15 is 0 Å². The minimum absolute atomic E-state index is 0.344. The van der Waals surface area contributed by atoms with E-state index in [0.29, 0.717) is 59.1 Å². The molecule has 0 saturated carbocycles. The quantitative estimate of drug-likeness (QED) is 0.353. The van der Waals surface area contributed by atoms with E-state index in [9.17, 15) is 4.79 Å². The molecule has 4 aromatic rings. The zero-order valence-corrected chi connectivity index (χ0v) is 21.5. The summed E-state index contributed by atoms with van der Waals surface area (Å²) in [6.07, 6.45) is 2.35. The maximum absolute atomic E-state index is 12.3. The first-order chi connectivity index (χ1) is 17.3. The second-order valence-corrected chi connectivity index (χ2v) is 9.66. The zero-order valence-electron chi connectivity index (χ0n) is 20.0. The van der Waals surface area contributed by atoms with Gasteiger partial charge in [-0.05, 0) is 39.2 Å². The normalized spacial score (nSPS) is 13.9. The van der Waals surface area contributed by atoms with Crippen molar-refractivity contribution in [2.24, 2.45) is 0 Å². The van der Waals surface area contributed by atoms with Crippen LogP contribution in [0.3, 0.4) is 0 Å². The minimum atomic E-state index is -0.392. The summed E-state index contributed by atoms with van der Waals surface area (Å²) in [5, 5.41) is 9.23. The van der Waals surface area contributed by atoms with Gasteiger partial charge in [0.2, 0.25) is 0 Å². The predicted molar refractivity (Wildman–Crippen MR) is 136 cm³/mol. The van der Waals surface area contributed by atoms with Crippen molar-refractivity contribution in [3.05, 3.63) is 57.6 Å². The summed E-state index contributed by atoms with van der Waals surface area (Å²) in [4.78, 5) is 27.9. The molecule has 0 fully saturated rings. The fraction of sp³-hybridized carbons (Fsp3) is 0.333. The third kappa shape index (κ3) is 4.84. The van der Waals surface area contributed by atoms with E-state index in [1.54, 1.807) is 17.3 Å². The number of amides is 1. The summed E-state index contributed by atoms with van der Waals surface area (Å²) in [6.45, 7) is 3.68. The highest BCUT2D eigenvalue weighted by Gasteiger charge is 2.29. The number of pyridine rings is 1. The van der Waals surface area contributed by atoms with Crippen LogP contribution in [0, 0.1) is 0 Å². The molecule has 0 unspecified atom stereocenters. The zero-order chi connectivity index (χ0) is 25.4. The second kappa shape index (κ2) is 9.96. The maximum atomic E-state index is 12.3. The van der Waals surface area contributed by atoms with Gasteiger partial charge in [-0.2, -0.15) is 5.10 Å². The molecule has 0 aliphatic carbocycles. The highest BCUT2D eigenvalue weighted by molar-refractivity contribution is 6.35. The summed E-state index contributed by atoms with van der Waals surface area (Å²) in [5.74, 6) is 1.25. The van der Waals surface area contributed by atoms with E-state index in [1.165, 1.54) is 0 Å². The van der Waals surface area contributed by atoms with Crippen LogP contribution in [0.2, 0.25) is 10.0 Å². The molecule has 4 heterocycles. The lowest BCUT2D eigenvalue weighted by atomic mass is 10.1. The monoisotopic (exact) mass is 529 g/mol. The molecule has 1 aliphatic rings. The number of likely N-dealkylation sites (N-methyl/N-ethyl adjacent to an activating group) is 1. The Balaban J connectivity index is 1.32. The number of fused-ring (bicyclic) bond motifs is 2. The van der Waals surface area contributed by atoms with Crippen molar-refractivity contribution in [2.75, 3.05) is 27.2 Å². The van der Waals surface area contributed by atoms with Crippen LogP contribution in [0.1, 0.15) is 30.0 Å². The Hall–Kier alpha value is -3.34. The molecule has 2 N–H and O–H groups in total. The van der Waals surface area contributed by atoms with Crippen molar-refractivity contribution >= 4 is 40.2 Å². The standard InChI is InChI=1S/C24H25Cl2N7O3/c1-13(21-16(25)9-27-10-17(21)26)36-14-4-5-18-15(8-14)22(31-30-18)23-28-19-11-33(12-20(19)29-23)24(34)35-7-6-32(2)3/h4-5,8-10,13H,6-7,11-12H2,1-3H3,(H,28,29)(H,30,31)/t13-/m1/s1. The fourth-order valence-electron chi connectivity index (χ4n) is 4.10. The summed E-state index contributed by atoms with van der Waals surface area (Å²) in [7, 11) is 3.86. The number of nitrogens with zero attached hydrogens (tertiary/aromatic N) is 5. The molecule has 0 spiro atoms. The van der Waals surface area contributed by atoms with Gasteiger partial charge in [-0.25, -0.2) is 9.78 Å². The van der Waals surface area contributed by atoms with Gasteiger partial charge in [-0.1, -0.05) is 23.2 Å². The van der Waals surface area contributed by atoms with Crippen molar-refractivity contribution < 1.29 is 14.3 Å². The molecule has 1 aromatic carbocycles. The first-order valence-corrected chi connectivity index (χ1v) is 12.1. The van der Waals surface area contributed by atoms with Crippen molar-refractivity contribution in [1.82, 2.24) is 34.9 Å². The smallest absolute Gasteiger partial charge is 0.410 e. The van der Waals surface area contributed by atoms with E-state index in [-0.39, 0.29) is 6.09 Å². The molecular weight excluding hydrogens is 505 g/mol. The number of H-pyrrole nitrogens is 2. The Bertz CT molecular complexity index is 1370. The van der Waals surface area contributed by atoms with Gasteiger partial charge >= 0.3 is 6.09 Å². The molecule has 1 atom stereocenters. The number of benzene rings is 1.